The normalized spacial score (nSPS) is 14.4. The smallest absolute Gasteiger partial charge is 0.163 e. The second-order valence-electron chi connectivity index (χ2n) is 8.04. The van der Waals surface area contributed by atoms with Gasteiger partial charge in [0.2, 0.25) is 0 Å². The van der Waals surface area contributed by atoms with Gasteiger partial charge in [0.1, 0.15) is 16.4 Å². The molecular formula is C24H25N5OS. The molecule has 0 saturated heterocycles. The molecule has 1 atom stereocenters. The molecule has 0 bridgehead atoms. The van der Waals surface area contributed by atoms with Crippen molar-refractivity contribution in [2.24, 2.45) is 5.73 Å². The SMILES string of the molecule is N[C@H](CNc1nc(-c2ccncc2)nc2sc3c(c12)CCCC3)Cc1cccc(O)c1. The van der Waals surface area contributed by atoms with Crippen LogP contribution in [-0.4, -0.2) is 32.6 Å². The van der Waals surface area contributed by atoms with Crippen molar-refractivity contribution in [3.8, 4) is 17.1 Å². The third-order valence-corrected chi connectivity index (χ3v) is 6.88. The maximum absolute atomic E-state index is 9.70. The summed E-state index contributed by atoms with van der Waals surface area (Å²) in [5, 5.41) is 14.4. The first kappa shape index (κ1) is 19.9. The Labute approximate surface area is 185 Å². The lowest BCUT2D eigenvalue weighted by atomic mass is 9.97. The molecule has 158 valence electrons. The number of aryl methyl sites for hydroxylation is 2. The van der Waals surface area contributed by atoms with E-state index in [9.17, 15) is 5.11 Å². The van der Waals surface area contributed by atoms with E-state index < -0.39 is 0 Å². The van der Waals surface area contributed by atoms with E-state index in [1.807, 2.05) is 24.3 Å². The Morgan fingerprint density at radius 2 is 1.94 bits per heavy atom. The number of nitrogens with one attached hydrogen (secondary N) is 1. The Balaban J connectivity index is 1.46. The van der Waals surface area contributed by atoms with E-state index in [1.54, 1.807) is 35.9 Å². The number of rotatable bonds is 6. The van der Waals surface area contributed by atoms with Gasteiger partial charge in [0.15, 0.2) is 5.82 Å². The number of hydrogen-bond donors (Lipinski definition) is 3. The van der Waals surface area contributed by atoms with Gasteiger partial charge in [-0.1, -0.05) is 12.1 Å². The molecule has 6 nitrogen and oxygen atoms in total. The fourth-order valence-corrected chi connectivity index (χ4v) is 5.46. The monoisotopic (exact) mass is 431 g/mol. The molecule has 1 aliphatic rings. The van der Waals surface area contributed by atoms with E-state index in [0.717, 1.165) is 40.0 Å². The van der Waals surface area contributed by atoms with Gasteiger partial charge in [-0.2, -0.15) is 0 Å². The molecule has 31 heavy (non-hydrogen) atoms. The molecule has 0 aliphatic heterocycles. The van der Waals surface area contributed by atoms with E-state index in [-0.39, 0.29) is 11.8 Å². The van der Waals surface area contributed by atoms with Crippen LogP contribution in [0.3, 0.4) is 0 Å². The highest BCUT2D eigenvalue weighted by Gasteiger charge is 2.22. The molecule has 4 N–H and O–H groups in total. The molecule has 0 amide bonds. The van der Waals surface area contributed by atoms with Crippen LogP contribution < -0.4 is 11.1 Å². The largest absolute Gasteiger partial charge is 0.508 e. The van der Waals surface area contributed by atoms with E-state index in [4.69, 9.17) is 15.7 Å². The first-order valence-corrected chi connectivity index (χ1v) is 11.5. The first-order valence-electron chi connectivity index (χ1n) is 10.7. The number of aromatic hydroxyl groups is 1. The van der Waals surface area contributed by atoms with Crippen LogP contribution in [0.5, 0.6) is 5.75 Å². The number of thiophene rings is 1. The number of nitrogens with zero attached hydrogens (tertiary/aromatic N) is 3. The summed E-state index contributed by atoms with van der Waals surface area (Å²) < 4.78 is 0. The maximum atomic E-state index is 9.70. The summed E-state index contributed by atoms with van der Waals surface area (Å²) in [4.78, 5) is 16.4. The van der Waals surface area contributed by atoms with Crippen molar-refractivity contribution in [1.29, 1.82) is 0 Å². The lowest BCUT2D eigenvalue weighted by molar-refractivity contribution is 0.474. The van der Waals surface area contributed by atoms with Gasteiger partial charge < -0.3 is 16.2 Å². The van der Waals surface area contributed by atoms with Crippen molar-refractivity contribution >= 4 is 27.4 Å². The Hall–Kier alpha value is -3.03. The second-order valence-corrected chi connectivity index (χ2v) is 9.12. The summed E-state index contributed by atoms with van der Waals surface area (Å²) in [5.74, 6) is 1.84. The number of nitrogens with two attached hydrogens (primary N) is 1. The fraction of sp³-hybridized carbons (Fsp3) is 0.292. The van der Waals surface area contributed by atoms with Crippen LogP contribution in [0.4, 0.5) is 5.82 Å². The van der Waals surface area contributed by atoms with Gasteiger partial charge in [0, 0.05) is 35.4 Å². The van der Waals surface area contributed by atoms with Gasteiger partial charge in [0.25, 0.3) is 0 Å². The van der Waals surface area contributed by atoms with Crippen molar-refractivity contribution in [2.75, 3.05) is 11.9 Å². The zero-order valence-electron chi connectivity index (χ0n) is 17.2. The number of aromatic nitrogens is 3. The van der Waals surface area contributed by atoms with Gasteiger partial charge >= 0.3 is 0 Å². The highest BCUT2D eigenvalue weighted by atomic mass is 32.1. The molecule has 0 saturated carbocycles. The van der Waals surface area contributed by atoms with Gasteiger partial charge in [0.05, 0.1) is 5.39 Å². The van der Waals surface area contributed by atoms with Crippen LogP contribution in [0.25, 0.3) is 21.6 Å². The van der Waals surface area contributed by atoms with Crippen LogP contribution in [-0.2, 0) is 19.3 Å². The van der Waals surface area contributed by atoms with E-state index in [0.29, 0.717) is 18.8 Å². The van der Waals surface area contributed by atoms with Crippen molar-refractivity contribution in [3.63, 3.8) is 0 Å². The number of phenols is 1. The van der Waals surface area contributed by atoms with E-state index >= 15 is 0 Å². The van der Waals surface area contributed by atoms with Crippen LogP contribution in [0, 0.1) is 0 Å². The average Bonchev–Trinajstić information content (AvgIpc) is 3.17. The molecular weight excluding hydrogens is 406 g/mol. The third-order valence-electron chi connectivity index (χ3n) is 5.69. The molecule has 5 rings (SSSR count). The molecule has 1 aliphatic carbocycles. The minimum atomic E-state index is -0.106. The molecule has 1 aromatic carbocycles. The van der Waals surface area contributed by atoms with Gasteiger partial charge in [-0.3, -0.25) is 4.98 Å². The number of pyridine rings is 1. The zero-order valence-corrected chi connectivity index (χ0v) is 18.0. The summed E-state index contributed by atoms with van der Waals surface area (Å²) in [6.45, 7) is 0.585. The van der Waals surface area contributed by atoms with Crippen LogP contribution in [0.1, 0.15) is 28.8 Å². The molecule has 7 heteroatoms. The summed E-state index contributed by atoms with van der Waals surface area (Å²) in [7, 11) is 0. The summed E-state index contributed by atoms with van der Waals surface area (Å²) >= 11 is 1.80. The van der Waals surface area contributed by atoms with Gasteiger partial charge in [-0.25, -0.2) is 9.97 Å². The molecule has 0 radical (unpaired) electrons. The number of phenolic OH excluding ortho intramolecular Hbond substituents is 1. The molecule has 3 heterocycles. The van der Waals surface area contributed by atoms with Gasteiger partial charge in [-0.15, -0.1) is 11.3 Å². The molecule has 0 spiro atoms. The van der Waals surface area contributed by atoms with Crippen LogP contribution >= 0.6 is 11.3 Å². The maximum Gasteiger partial charge on any atom is 0.163 e. The Morgan fingerprint density at radius 3 is 2.77 bits per heavy atom. The standard InChI is InChI=1S/C24H25N5OS/c25-17(12-15-4-3-5-18(30)13-15)14-27-23-21-19-6-1-2-7-20(19)31-24(21)29-22(28-23)16-8-10-26-11-9-16/h3-5,8-11,13,17,30H,1-2,6-7,12,14,25H2,(H,27,28,29)/t17-/m0/s1. The van der Waals surface area contributed by atoms with E-state index in [1.165, 1.54) is 23.3 Å². The van der Waals surface area contributed by atoms with Crippen molar-refractivity contribution in [1.82, 2.24) is 15.0 Å². The average molecular weight is 432 g/mol. The molecule has 3 aromatic heterocycles. The molecule has 4 aromatic rings. The quantitative estimate of drug-likeness (QED) is 0.421. The minimum Gasteiger partial charge on any atom is -0.508 e. The Bertz CT molecular complexity index is 1210. The third kappa shape index (κ3) is 4.24. The highest BCUT2D eigenvalue weighted by molar-refractivity contribution is 7.19. The Kier molecular flexibility index (Phi) is 5.53. The Morgan fingerprint density at radius 1 is 1.10 bits per heavy atom. The van der Waals surface area contributed by atoms with Crippen molar-refractivity contribution < 1.29 is 5.11 Å². The lowest BCUT2D eigenvalue weighted by Crippen LogP contribution is -2.31. The van der Waals surface area contributed by atoms with Crippen LogP contribution in [0.15, 0.2) is 48.8 Å². The predicted octanol–water partition coefficient (Wildman–Crippen LogP) is 4.32. The summed E-state index contributed by atoms with van der Waals surface area (Å²) in [6.07, 6.45) is 8.86. The topological polar surface area (TPSA) is 97.0 Å². The number of benzene rings is 1. The second kappa shape index (κ2) is 8.61. The zero-order chi connectivity index (χ0) is 21.2. The van der Waals surface area contributed by atoms with Crippen molar-refractivity contribution in [3.05, 3.63) is 64.8 Å². The molecule has 0 unspecified atom stereocenters. The van der Waals surface area contributed by atoms with Gasteiger partial charge in [-0.05, 0) is 67.5 Å². The highest BCUT2D eigenvalue weighted by Crippen LogP contribution is 2.39. The number of fused-ring (bicyclic) bond motifs is 3. The van der Waals surface area contributed by atoms with Crippen LogP contribution in [0.2, 0.25) is 0 Å². The lowest BCUT2D eigenvalue weighted by Gasteiger charge is -2.16. The predicted molar refractivity (Wildman–Crippen MR) is 126 cm³/mol. The minimum absolute atomic E-state index is 0.106. The number of hydrogen-bond acceptors (Lipinski definition) is 7. The molecule has 0 fully saturated rings. The van der Waals surface area contributed by atoms with E-state index in [2.05, 4.69) is 10.3 Å². The first-order chi connectivity index (χ1) is 15.2. The number of anilines is 1. The summed E-state index contributed by atoms with van der Waals surface area (Å²) in [5.41, 5.74) is 9.79. The summed E-state index contributed by atoms with van der Waals surface area (Å²) in [6, 6.07) is 11.0. The fourth-order valence-electron chi connectivity index (χ4n) is 4.20. The van der Waals surface area contributed by atoms with Crippen molar-refractivity contribution in [2.45, 2.75) is 38.1 Å².